The average molecular weight is 237 g/mol. The Hall–Kier alpha value is -2.04. The molecule has 3 N–H and O–H groups in total. The van der Waals surface area contributed by atoms with Gasteiger partial charge in [-0.1, -0.05) is 13.3 Å². The molecule has 0 atom stereocenters. The molecule has 1 rings (SSSR count). The van der Waals surface area contributed by atoms with Crippen LogP contribution in [0.5, 0.6) is 0 Å². The summed E-state index contributed by atoms with van der Waals surface area (Å²) < 4.78 is 0. The Bertz CT molecular complexity index is 429. The van der Waals surface area contributed by atoms with Crippen molar-refractivity contribution in [2.24, 2.45) is 0 Å². The van der Waals surface area contributed by atoms with E-state index in [4.69, 9.17) is 10.2 Å². The molecule has 0 fully saturated rings. The normalized spacial score (nSPS) is 9.94. The highest BCUT2D eigenvalue weighted by molar-refractivity contribution is 6.02. The number of carboxylic acids is 2. The number of nitrogens with one attached hydrogen (secondary N) is 1. The largest absolute Gasteiger partial charge is 0.478 e. The molecule has 5 nitrogen and oxygen atoms in total. The SMILES string of the molecule is CCCCNc1ccc(C(=O)O)c(C(=O)O)c1. The number of benzene rings is 1. The van der Waals surface area contributed by atoms with Crippen LogP contribution in [0.3, 0.4) is 0 Å². The van der Waals surface area contributed by atoms with E-state index in [2.05, 4.69) is 12.2 Å². The number of unbranched alkanes of at least 4 members (excludes halogenated alkanes) is 1. The molecule has 0 saturated heterocycles. The molecule has 0 aromatic heterocycles. The molecule has 5 heteroatoms. The highest BCUT2D eigenvalue weighted by Gasteiger charge is 2.15. The van der Waals surface area contributed by atoms with Gasteiger partial charge in [0.1, 0.15) is 0 Å². The Labute approximate surface area is 99.1 Å². The Balaban J connectivity index is 2.94. The number of hydrogen-bond acceptors (Lipinski definition) is 3. The maximum atomic E-state index is 10.9. The molecule has 0 aliphatic carbocycles. The van der Waals surface area contributed by atoms with Gasteiger partial charge in [-0.25, -0.2) is 9.59 Å². The monoisotopic (exact) mass is 237 g/mol. The van der Waals surface area contributed by atoms with Crippen molar-refractivity contribution in [3.8, 4) is 0 Å². The smallest absolute Gasteiger partial charge is 0.336 e. The molecule has 0 aliphatic heterocycles. The van der Waals surface area contributed by atoms with Gasteiger partial charge in [0.15, 0.2) is 0 Å². The number of carbonyl (C=O) groups is 2. The summed E-state index contributed by atoms with van der Waals surface area (Å²) in [5.41, 5.74) is 0.235. The predicted molar refractivity (Wildman–Crippen MR) is 63.8 cm³/mol. The highest BCUT2D eigenvalue weighted by Crippen LogP contribution is 2.16. The standard InChI is InChI=1S/C12H15NO4/c1-2-3-6-13-8-4-5-9(11(14)15)10(7-8)12(16)17/h4-5,7,13H,2-3,6H2,1H3,(H,14,15)(H,16,17). The topological polar surface area (TPSA) is 86.6 Å². The lowest BCUT2D eigenvalue weighted by Crippen LogP contribution is -2.09. The molecule has 1 aromatic carbocycles. The zero-order chi connectivity index (χ0) is 12.8. The van der Waals surface area contributed by atoms with Crippen molar-refractivity contribution in [1.82, 2.24) is 0 Å². The molecular weight excluding hydrogens is 222 g/mol. The summed E-state index contributed by atoms with van der Waals surface area (Å²) >= 11 is 0. The number of hydrogen-bond donors (Lipinski definition) is 3. The lowest BCUT2D eigenvalue weighted by atomic mass is 10.1. The molecule has 0 aliphatic rings. The fourth-order valence-electron chi connectivity index (χ4n) is 1.43. The summed E-state index contributed by atoms with van der Waals surface area (Å²) in [7, 11) is 0. The first-order valence-electron chi connectivity index (χ1n) is 5.40. The van der Waals surface area contributed by atoms with Crippen molar-refractivity contribution in [3.63, 3.8) is 0 Å². The van der Waals surface area contributed by atoms with E-state index in [1.165, 1.54) is 12.1 Å². The van der Waals surface area contributed by atoms with E-state index in [-0.39, 0.29) is 11.1 Å². The fraction of sp³-hybridized carbons (Fsp3) is 0.333. The van der Waals surface area contributed by atoms with Gasteiger partial charge in [0, 0.05) is 12.2 Å². The maximum absolute atomic E-state index is 10.9. The molecule has 0 amide bonds. The van der Waals surface area contributed by atoms with Gasteiger partial charge in [0.05, 0.1) is 11.1 Å². The molecule has 17 heavy (non-hydrogen) atoms. The van der Waals surface area contributed by atoms with Gasteiger partial charge < -0.3 is 15.5 Å². The van der Waals surface area contributed by atoms with Crippen molar-refractivity contribution < 1.29 is 19.8 Å². The van der Waals surface area contributed by atoms with Gasteiger partial charge in [-0.3, -0.25) is 0 Å². The van der Waals surface area contributed by atoms with Crippen LogP contribution in [0.25, 0.3) is 0 Å². The van der Waals surface area contributed by atoms with Gasteiger partial charge in [0.25, 0.3) is 0 Å². The van der Waals surface area contributed by atoms with Gasteiger partial charge in [-0.2, -0.15) is 0 Å². The van der Waals surface area contributed by atoms with Crippen molar-refractivity contribution in [2.75, 3.05) is 11.9 Å². The second kappa shape index (κ2) is 5.89. The Morgan fingerprint density at radius 3 is 2.35 bits per heavy atom. The van der Waals surface area contributed by atoms with Crippen LogP contribution in [-0.4, -0.2) is 28.7 Å². The minimum absolute atomic E-state index is 0.195. The minimum Gasteiger partial charge on any atom is -0.478 e. The summed E-state index contributed by atoms with van der Waals surface area (Å²) in [6, 6.07) is 4.23. The summed E-state index contributed by atoms with van der Waals surface area (Å²) in [6.07, 6.45) is 2.01. The van der Waals surface area contributed by atoms with Crippen LogP contribution < -0.4 is 5.32 Å². The van der Waals surface area contributed by atoms with Crippen LogP contribution in [0.1, 0.15) is 40.5 Å². The van der Waals surface area contributed by atoms with E-state index in [0.29, 0.717) is 5.69 Å². The Morgan fingerprint density at radius 2 is 1.82 bits per heavy atom. The van der Waals surface area contributed by atoms with Crippen molar-refractivity contribution >= 4 is 17.6 Å². The van der Waals surface area contributed by atoms with Crippen molar-refractivity contribution in [3.05, 3.63) is 29.3 Å². The lowest BCUT2D eigenvalue weighted by molar-refractivity contribution is 0.0651. The van der Waals surface area contributed by atoms with Crippen molar-refractivity contribution in [1.29, 1.82) is 0 Å². The molecule has 0 unspecified atom stereocenters. The van der Waals surface area contributed by atoms with Crippen LogP contribution in [0.15, 0.2) is 18.2 Å². The minimum atomic E-state index is -1.23. The Kier molecular flexibility index (Phi) is 4.51. The molecule has 0 bridgehead atoms. The van der Waals surface area contributed by atoms with E-state index in [9.17, 15) is 9.59 Å². The molecular formula is C12H15NO4. The highest BCUT2D eigenvalue weighted by atomic mass is 16.4. The average Bonchev–Trinajstić information content (AvgIpc) is 2.29. The van der Waals surface area contributed by atoms with Crippen molar-refractivity contribution in [2.45, 2.75) is 19.8 Å². The predicted octanol–water partition coefficient (Wildman–Crippen LogP) is 2.29. The van der Waals surface area contributed by atoms with Crippen LogP contribution in [0.4, 0.5) is 5.69 Å². The molecule has 0 radical (unpaired) electrons. The molecule has 1 aromatic rings. The number of anilines is 1. The molecule has 0 heterocycles. The van der Waals surface area contributed by atoms with Gasteiger partial charge >= 0.3 is 11.9 Å². The third-order valence-corrected chi connectivity index (χ3v) is 2.34. The second-order valence-corrected chi connectivity index (χ2v) is 3.65. The van der Waals surface area contributed by atoms with E-state index in [1.54, 1.807) is 6.07 Å². The van der Waals surface area contributed by atoms with E-state index in [1.807, 2.05) is 0 Å². The zero-order valence-electron chi connectivity index (χ0n) is 9.56. The quantitative estimate of drug-likeness (QED) is 0.661. The lowest BCUT2D eigenvalue weighted by Gasteiger charge is -2.08. The first-order chi connectivity index (χ1) is 8.06. The molecule has 0 spiro atoms. The first-order valence-corrected chi connectivity index (χ1v) is 5.40. The fourth-order valence-corrected chi connectivity index (χ4v) is 1.43. The third kappa shape index (κ3) is 3.48. The van der Waals surface area contributed by atoms with Gasteiger partial charge in [-0.15, -0.1) is 0 Å². The number of rotatable bonds is 6. The summed E-state index contributed by atoms with van der Waals surface area (Å²) in [5.74, 6) is -2.47. The number of aromatic carboxylic acids is 2. The second-order valence-electron chi connectivity index (χ2n) is 3.65. The summed E-state index contributed by atoms with van der Waals surface area (Å²) in [6.45, 7) is 2.79. The zero-order valence-corrected chi connectivity index (χ0v) is 9.56. The molecule has 92 valence electrons. The van der Waals surface area contributed by atoms with Crippen LogP contribution >= 0.6 is 0 Å². The third-order valence-electron chi connectivity index (χ3n) is 2.34. The first kappa shape index (κ1) is 13.0. The van der Waals surface area contributed by atoms with E-state index in [0.717, 1.165) is 19.4 Å². The molecule has 0 saturated carbocycles. The van der Waals surface area contributed by atoms with E-state index < -0.39 is 11.9 Å². The summed E-state index contributed by atoms with van der Waals surface area (Å²) in [5, 5.41) is 20.8. The van der Waals surface area contributed by atoms with Gasteiger partial charge in [0.2, 0.25) is 0 Å². The van der Waals surface area contributed by atoms with E-state index >= 15 is 0 Å². The van der Waals surface area contributed by atoms with Crippen LogP contribution in [-0.2, 0) is 0 Å². The number of carboxylic acid groups (broad SMARTS) is 2. The maximum Gasteiger partial charge on any atom is 0.336 e. The van der Waals surface area contributed by atoms with Crippen LogP contribution in [0.2, 0.25) is 0 Å². The summed E-state index contributed by atoms with van der Waals surface area (Å²) in [4.78, 5) is 21.7. The Morgan fingerprint density at radius 1 is 1.18 bits per heavy atom. The van der Waals surface area contributed by atoms with Crippen LogP contribution in [0, 0.1) is 0 Å². The van der Waals surface area contributed by atoms with Gasteiger partial charge in [-0.05, 0) is 24.6 Å².